The molecule has 1 atom stereocenters. The summed E-state index contributed by atoms with van der Waals surface area (Å²) in [5.74, 6) is -2.23. The van der Waals surface area contributed by atoms with Gasteiger partial charge < -0.3 is 10.5 Å². The third-order valence-corrected chi connectivity index (χ3v) is 3.02. The van der Waals surface area contributed by atoms with Crippen LogP contribution in [0.5, 0.6) is 5.75 Å². The number of alkyl halides is 3. The number of hydrogen-bond donors (Lipinski definition) is 1. The number of hydrogen-bond acceptors (Lipinski definition) is 4. The van der Waals surface area contributed by atoms with Gasteiger partial charge in [-0.2, -0.15) is 0 Å². The quantitative estimate of drug-likeness (QED) is 0.890. The topological polar surface area (TPSA) is 78.1 Å². The van der Waals surface area contributed by atoms with Crippen molar-refractivity contribution in [2.45, 2.75) is 12.3 Å². The number of amides is 1. The molecule has 1 aromatic carbocycles. The summed E-state index contributed by atoms with van der Waals surface area (Å²) >= 11 is 3.15. The molecule has 9 heteroatoms. The monoisotopic (exact) mass is 375 g/mol. The van der Waals surface area contributed by atoms with E-state index in [1.54, 1.807) is 0 Å². The number of halogens is 4. The molecule has 0 spiro atoms. The standard InChI is InChI=1S/C13H9BrF3N3O2/c14-8-5-19-12(20-6-8)10(11(18)21)7-2-1-3-9(4-7)22-13(15,16)17/h1-6,10H,(H2,18,21). The summed E-state index contributed by atoms with van der Waals surface area (Å²) in [4.78, 5) is 19.6. The first kappa shape index (κ1) is 16.2. The Hall–Kier alpha value is -2.16. The van der Waals surface area contributed by atoms with Crippen molar-refractivity contribution in [2.24, 2.45) is 5.73 Å². The molecule has 0 radical (unpaired) electrons. The first-order valence-electron chi connectivity index (χ1n) is 5.89. The van der Waals surface area contributed by atoms with Gasteiger partial charge in [-0.25, -0.2) is 9.97 Å². The molecule has 2 N–H and O–H groups in total. The Bertz CT molecular complexity index is 677. The molecule has 1 heterocycles. The second-order valence-electron chi connectivity index (χ2n) is 4.22. The smallest absolute Gasteiger partial charge is 0.406 e. The summed E-state index contributed by atoms with van der Waals surface area (Å²) < 4.78 is 41.2. The summed E-state index contributed by atoms with van der Waals surface area (Å²) in [6, 6.07) is 4.97. The normalized spacial score (nSPS) is 12.7. The van der Waals surface area contributed by atoms with Gasteiger partial charge in [-0.15, -0.1) is 13.2 Å². The maximum atomic E-state index is 12.3. The Labute approximate surface area is 131 Å². The number of aromatic nitrogens is 2. The zero-order valence-corrected chi connectivity index (χ0v) is 12.4. The van der Waals surface area contributed by atoms with Crippen LogP contribution in [0.4, 0.5) is 13.2 Å². The van der Waals surface area contributed by atoms with Crippen LogP contribution in [-0.4, -0.2) is 22.2 Å². The second kappa shape index (κ2) is 6.30. The minimum atomic E-state index is -4.82. The van der Waals surface area contributed by atoms with E-state index < -0.39 is 23.9 Å². The first-order valence-corrected chi connectivity index (χ1v) is 6.68. The van der Waals surface area contributed by atoms with Crippen LogP contribution >= 0.6 is 15.9 Å². The number of nitrogens with zero attached hydrogens (tertiary/aromatic N) is 2. The largest absolute Gasteiger partial charge is 0.573 e. The Morgan fingerprint density at radius 2 is 1.91 bits per heavy atom. The van der Waals surface area contributed by atoms with E-state index in [0.29, 0.717) is 4.47 Å². The molecule has 0 fully saturated rings. The fourth-order valence-corrected chi connectivity index (χ4v) is 2.01. The third kappa shape index (κ3) is 4.17. The van der Waals surface area contributed by atoms with Crippen LogP contribution in [0, 0.1) is 0 Å². The van der Waals surface area contributed by atoms with Crippen LogP contribution in [-0.2, 0) is 4.79 Å². The van der Waals surface area contributed by atoms with Crippen molar-refractivity contribution < 1.29 is 22.7 Å². The highest BCUT2D eigenvalue weighted by Crippen LogP contribution is 2.28. The number of rotatable bonds is 4. The van der Waals surface area contributed by atoms with E-state index in [0.717, 1.165) is 12.1 Å². The zero-order chi connectivity index (χ0) is 16.3. The van der Waals surface area contributed by atoms with Gasteiger partial charge in [-0.05, 0) is 33.6 Å². The molecule has 1 amide bonds. The molecule has 1 unspecified atom stereocenters. The molecule has 116 valence electrons. The highest BCUT2D eigenvalue weighted by atomic mass is 79.9. The highest BCUT2D eigenvalue weighted by molar-refractivity contribution is 9.10. The van der Waals surface area contributed by atoms with Crippen molar-refractivity contribution in [3.8, 4) is 5.75 Å². The van der Waals surface area contributed by atoms with Crippen LogP contribution in [0.25, 0.3) is 0 Å². The van der Waals surface area contributed by atoms with Gasteiger partial charge in [0.15, 0.2) is 0 Å². The van der Waals surface area contributed by atoms with Crippen molar-refractivity contribution in [1.29, 1.82) is 0 Å². The predicted molar refractivity (Wildman–Crippen MR) is 73.9 cm³/mol. The fourth-order valence-electron chi connectivity index (χ4n) is 1.80. The lowest BCUT2D eigenvalue weighted by atomic mass is 9.97. The lowest BCUT2D eigenvalue weighted by Gasteiger charge is -2.14. The number of nitrogens with two attached hydrogens (primary N) is 1. The average molecular weight is 376 g/mol. The van der Waals surface area contributed by atoms with E-state index >= 15 is 0 Å². The number of ether oxygens (including phenoxy) is 1. The van der Waals surface area contributed by atoms with Crippen LogP contribution in [0.15, 0.2) is 41.1 Å². The van der Waals surface area contributed by atoms with Crippen LogP contribution in [0.2, 0.25) is 0 Å². The summed E-state index contributed by atoms with van der Waals surface area (Å²) in [6.07, 6.45) is -2.00. The second-order valence-corrected chi connectivity index (χ2v) is 5.13. The molecule has 0 saturated carbocycles. The maximum Gasteiger partial charge on any atom is 0.573 e. The molecule has 0 aliphatic carbocycles. The molecule has 1 aromatic heterocycles. The van der Waals surface area contributed by atoms with Crippen molar-refractivity contribution >= 4 is 21.8 Å². The fraction of sp³-hybridized carbons (Fsp3) is 0.154. The molecule has 0 bridgehead atoms. The number of carbonyl (C=O) groups excluding carboxylic acids is 1. The Morgan fingerprint density at radius 1 is 1.27 bits per heavy atom. The van der Waals surface area contributed by atoms with Gasteiger partial charge in [0.1, 0.15) is 17.5 Å². The average Bonchev–Trinajstić information content (AvgIpc) is 2.39. The number of benzene rings is 1. The molecular weight excluding hydrogens is 367 g/mol. The molecule has 0 aliphatic heterocycles. The maximum absolute atomic E-state index is 12.3. The number of primary amides is 1. The van der Waals surface area contributed by atoms with Crippen LogP contribution in [0.3, 0.4) is 0 Å². The van der Waals surface area contributed by atoms with Gasteiger partial charge in [0, 0.05) is 12.4 Å². The minimum Gasteiger partial charge on any atom is -0.406 e. The van der Waals surface area contributed by atoms with Gasteiger partial charge >= 0.3 is 6.36 Å². The summed E-state index contributed by atoms with van der Waals surface area (Å²) in [6.45, 7) is 0. The zero-order valence-electron chi connectivity index (χ0n) is 10.8. The summed E-state index contributed by atoms with van der Waals surface area (Å²) in [5, 5.41) is 0. The summed E-state index contributed by atoms with van der Waals surface area (Å²) in [7, 11) is 0. The summed E-state index contributed by atoms with van der Waals surface area (Å²) in [5.41, 5.74) is 5.53. The Kier molecular flexibility index (Phi) is 4.65. The SMILES string of the molecule is NC(=O)C(c1cccc(OC(F)(F)F)c1)c1ncc(Br)cn1. The molecule has 0 aliphatic rings. The molecular formula is C13H9BrF3N3O2. The van der Waals surface area contributed by atoms with Gasteiger partial charge in [-0.1, -0.05) is 12.1 Å². The molecule has 0 saturated heterocycles. The van der Waals surface area contributed by atoms with Gasteiger partial charge in [0.25, 0.3) is 0 Å². The van der Waals surface area contributed by atoms with Gasteiger partial charge in [0.2, 0.25) is 5.91 Å². The lowest BCUT2D eigenvalue weighted by molar-refractivity contribution is -0.274. The van der Waals surface area contributed by atoms with Crippen molar-refractivity contribution in [2.75, 3.05) is 0 Å². The van der Waals surface area contributed by atoms with Gasteiger partial charge in [-0.3, -0.25) is 4.79 Å². The molecule has 22 heavy (non-hydrogen) atoms. The number of carbonyl (C=O) groups is 1. The first-order chi connectivity index (χ1) is 10.3. The van der Waals surface area contributed by atoms with Crippen molar-refractivity contribution in [3.63, 3.8) is 0 Å². The van der Waals surface area contributed by atoms with Crippen LogP contribution < -0.4 is 10.5 Å². The molecule has 2 aromatic rings. The van der Waals surface area contributed by atoms with Gasteiger partial charge in [0.05, 0.1) is 4.47 Å². The Balaban J connectivity index is 2.39. The van der Waals surface area contributed by atoms with E-state index in [4.69, 9.17) is 5.73 Å². The van der Waals surface area contributed by atoms with E-state index in [9.17, 15) is 18.0 Å². The van der Waals surface area contributed by atoms with E-state index in [1.807, 2.05) is 0 Å². The lowest BCUT2D eigenvalue weighted by Crippen LogP contribution is -2.24. The predicted octanol–water partition coefficient (Wildman–Crippen LogP) is 2.75. The van der Waals surface area contributed by atoms with E-state index in [-0.39, 0.29) is 11.4 Å². The Morgan fingerprint density at radius 3 is 2.45 bits per heavy atom. The third-order valence-electron chi connectivity index (χ3n) is 2.61. The minimum absolute atomic E-state index is 0.0832. The molecule has 2 rings (SSSR count). The molecule has 5 nitrogen and oxygen atoms in total. The van der Waals surface area contributed by atoms with E-state index in [1.165, 1.54) is 24.5 Å². The van der Waals surface area contributed by atoms with Crippen LogP contribution in [0.1, 0.15) is 17.3 Å². The van der Waals surface area contributed by atoms with Crippen molar-refractivity contribution in [3.05, 3.63) is 52.5 Å². The van der Waals surface area contributed by atoms with E-state index in [2.05, 4.69) is 30.6 Å². The highest BCUT2D eigenvalue weighted by Gasteiger charge is 2.32. The van der Waals surface area contributed by atoms with Crippen molar-refractivity contribution in [1.82, 2.24) is 9.97 Å².